The summed E-state index contributed by atoms with van der Waals surface area (Å²) < 4.78 is 10.6. The normalized spacial score (nSPS) is 22.3. The summed E-state index contributed by atoms with van der Waals surface area (Å²) in [5.41, 5.74) is -0.585. The molecule has 1 fully saturated rings. The highest BCUT2D eigenvalue weighted by molar-refractivity contribution is 5.87. The molecular formula is C12H22O3. The van der Waals surface area contributed by atoms with Gasteiger partial charge in [0.25, 0.3) is 0 Å². The quantitative estimate of drug-likeness (QED) is 0.703. The molecule has 1 heterocycles. The maximum atomic E-state index is 12.0. The summed E-state index contributed by atoms with van der Waals surface area (Å²) in [6.07, 6.45) is 3.40. The maximum Gasteiger partial charge on any atom is 0.164 e. The van der Waals surface area contributed by atoms with Gasteiger partial charge in [-0.2, -0.15) is 0 Å². The van der Waals surface area contributed by atoms with E-state index in [1.165, 1.54) is 0 Å². The highest BCUT2D eigenvalue weighted by Crippen LogP contribution is 2.24. The third-order valence-corrected chi connectivity index (χ3v) is 3.53. The van der Waals surface area contributed by atoms with Gasteiger partial charge in [0, 0.05) is 26.7 Å². The number of hydrogen-bond acceptors (Lipinski definition) is 3. The minimum absolute atomic E-state index is 0.236. The van der Waals surface area contributed by atoms with E-state index in [2.05, 4.69) is 0 Å². The molecule has 0 aliphatic carbocycles. The molecule has 3 nitrogen and oxygen atoms in total. The van der Waals surface area contributed by atoms with Crippen LogP contribution in [0.15, 0.2) is 0 Å². The van der Waals surface area contributed by atoms with Crippen LogP contribution in [-0.2, 0) is 14.3 Å². The average molecular weight is 214 g/mol. The van der Waals surface area contributed by atoms with Crippen molar-refractivity contribution in [2.75, 3.05) is 20.3 Å². The molecule has 1 aliphatic heterocycles. The molecule has 1 rings (SSSR count). The molecular weight excluding hydrogens is 192 g/mol. The van der Waals surface area contributed by atoms with Gasteiger partial charge in [-0.3, -0.25) is 4.79 Å². The molecule has 0 N–H and O–H groups in total. The monoisotopic (exact) mass is 214 g/mol. The lowest BCUT2D eigenvalue weighted by Crippen LogP contribution is -2.38. The summed E-state index contributed by atoms with van der Waals surface area (Å²) in [4.78, 5) is 12.0. The van der Waals surface area contributed by atoms with Crippen LogP contribution in [0.1, 0.15) is 39.5 Å². The largest absolute Gasteiger partial charge is 0.381 e. The van der Waals surface area contributed by atoms with Crippen molar-refractivity contribution < 1.29 is 14.3 Å². The van der Waals surface area contributed by atoms with E-state index < -0.39 is 5.60 Å². The summed E-state index contributed by atoms with van der Waals surface area (Å²) in [6.45, 7) is 5.47. The number of Topliss-reactive ketones (excluding diaryl/α,β-unsaturated/α-hetero) is 1. The van der Waals surface area contributed by atoms with Crippen LogP contribution in [0.2, 0.25) is 0 Å². The van der Waals surface area contributed by atoms with Gasteiger partial charge in [0.1, 0.15) is 5.60 Å². The third-order valence-electron chi connectivity index (χ3n) is 3.53. The van der Waals surface area contributed by atoms with E-state index in [0.29, 0.717) is 12.3 Å². The van der Waals surface area contributed by atoms with Crippen molar-refractivity contribution in [3.05, 3.63) is 0 Å². The Morgan fingerprint density at radius 2 is 2.07 bits per heavy atom. The number of ether oxygens (including phenoxy) is 2. The van der Waals surface area contributed by atoms with Crippen LogP contribution >= 0.6 is 0 Å². The lowest BCUT2D eigenvalue weighted by atomic mass is 9.86. The van der Waals surface area contributed by atoms with Gasteiger partial charge in [0.05, 0.1) is 0 Å². The van der Waals surface area contributed by atoms with E-state index in [-0.39, 0.29) is 5.78 Å². The first-order valence-electron chi connectivity index (χ1n) is 5.78. The molecule has 0 radical (unpaired) electrons. The van der Waals surface area contributed by atoms with E-state index in [1.54, 1.807) is 7.11 Å². The summed E-state index contributed by atoms with van der Waals surface area (Å²) >= 11 is 0. The molecule has 1 saturated heterocycles. The molecule has 0 amide bonds. The van der Waals surface area contributed by atoms with E-state index >= 15 is 0 Å². The summed E-state index contributed by atoms with van der Waals surface area (Å²) in [5, 5.41) is 0. The highest BCUT2D eigenvalue weighted by atomic mass is 16.5. The molecule has 0 aromatic carbocycles. The Bertz CT molecular complexity index is 203. The predicted octanol–water partition coefficient (Wildman–Crippen LogP) is 2.19. The minimum atomic E-state index is -0.585. The fourth-order valence-electron chi connectivity index (χ4n) is 1.88. The Kier molecular flexibility index (Phi) is 4.74. The van der Waals surface area contributed by atoms with Gasteiger partial charge in [-0.15, -0.1) is 0 Å². The first-order valence-corrected chi connectivity index (χ1v) is 5.78. The molecule has 0 saturated carbocycles. The SMILES string of the molecule is CCC(C)(OC)C(=O)CC1CCOCC1. The summed E-state index contributed by atoms with van der Waals surface area (Å²) in [7, 11) is 1.62. The fourth-order valence-corrected chi connectivity index (χ4v) is 1.88. The predicted molar refractivity (Wildman–Crippen MR) is 58.9 cm³/mol. The van der Waals surface area contributed by atoms with Crippen LogP contribution in [0.3, 0.4) is 0 Å². The van der Waals surface area contributed by atoms with Gasteiger partial charge in [-0.1, -0.05) is 6.92 Å². The lowest BCUT2D eigenvalue weighted by molar-refractivity contribution is -0.141. The van der Waals surface area contributed by atoms with Crippen LogP contribution in [0.4, 0.5) is 0 Å². The number of carbonyl (C=O) groups is 1. The molecule has 0 aromatic heterocycles. The molecule has 3 heteroatoms. The fraction of sp³-hybridized carbons (Fsp3) is 0.917. The molecule has 0 aromatic rings. The number of methoxy groups -OCH3 is 1. The molecule has 1 atom stereocenters. The second kappa shape index (κ2) is 5.61. The summed E-state index contributed by atoms with van der Waals surface area (Å²) in [5.74, 6) is 0.728. The van der Waals surface area contributed by atoms with Crippen LogP contribution in [0, 0.1) is 5.92 Å². The second-order valence-corrected chi connectivity index (χ2v) is 4.47. The second-order valence-electron chi connectivity index (χ2n) is 4.47. The van der Waals surface area contributed by atoms with Gasteiger partial charge < -0.3 is 9.47 Å². The van der Waals surface area contributed by atoms with Gasteiger partial charge in [0.15, 0.2) is 5.78 Å². The number of ketones is 1. The first-order chi connectivity index (χ1) is 7.12. The van der Waals surface area contributed by atoms with Crippen molar-refractivity contribution in [1.82, 2.24) is 0 Å². The molecule has 88 valence electrons. The molecule has 15 heavy (non-hydrogen) atoms. The van der Waals surface area contributed by atoms with Crippen molar-refractivity contribution in [2.24, 2.45) is 5.92 Å². The van der Waals surface area contributed by atoms with E-state index in [4.69, 9.17) is 9.47 Å². The van der Waals surface area contributed by atoms with E-state index in [1.807, 2.05) is 13.8 Å². The number of carbonyl (C=O) groups excluding carboxylic acids is 1. The molecule has 0 spiro atoms. The smallest absolute Gasteiger partial charge is 0.164 e. The topological polar surface area (TPSA) is 35.5 Å². The molecule has 1 unspecified atom stereocenters. The minimum Gasteiger partial charge on any atom is -0.381 e. The van der Waals surface area contributed by atoms with Crippen LogP contribution in [0.25, 0.3) is 0 Å². The van der Waals surface area contributed by atoms with Gasteiger partial charge in [-0.05, 0) is 32.1 Å². The van der Waals surface area contributed by atoms with E-state index in [0.717, 1.165) is 32.5 Å². The van der Waals surface area contributed by atoms with Crippen LogP contribution in [-0.4, -0.2) is 31.7 Å². The third kappa shape index (κ3) is 3.28. The standard InChI is InChI=1S/C12H22O3/c1-4-12(2,14-3)11(13)9-10-5-7-15-8-6-10/h10H,4-9H2,1-3H3. The Balaban J connectivity index is 2.45. The Morgan fingerprint density at radius 1 is 1.47 bits per heavy atom. The first kappa shape index (κ1) is 12.7. The van der Waals surface area contributed by atoms with Crippen molar-refractivity contribution in [3.63, 3.8) is 0 Å². The zero-order valence-corrected chi connectivity index (χ0v) is 10.0. The zero-order valence-electron chi connectivity index (χ0n) is 10.0. The van der Waals surface area contributed by atoms with Crippen molar-refractivity contribution in [3.8, 4) is 0 Å². The number of rotatable bonds is 5. The number of hydrogen-bond donors (Lipinski definition) is 0. The van der Waals surface area contributed by atoms with E-state index in [9.17, 15) is 4.79 Å². The summed E-state index contributed by atoms with van der Waals surface area (Å²) in [6, 6.07) is 0. The Labute approximate surface area is 92.1 Å². The molecule has 0 bridgehead atoms. The van der Waals surface area contributed by atoms with Gasteiger partial charge >= 0.3 is 0 Å². The van der Waals surface area contributed by atoms with Crippen LogP contribution < -0.4 is 0 Å². The lowest BCUT2D eigenvalue weighted by Gasteiger charge is -2.28. The van der Waals surface area contributed by atoms with Gasteiger partial charge in [-0.25, -0.2) is 0 Å². The zero-order chi connectivity index (χ0) is 11.3. The highest BCUT2D eigenvalue weighted by Gasteiger charge is 2.32. The Morgan fingerprint density at radius 3 is 2.53 bits per heavy atom. The van der Waals surface area contributed by atoms with Crippen molar-refractivity contribution >= 4 is 5.78 Å². The maximum absolute atomic E-state index is 12.0. The van der Waals surface area contributed by atoms with Crippen LogP contribution in [0.5, 0.6) is 0 Å². The molecule has 1 aliphatic rings. The van der Waals surface area contributed by atoms with Gasteiger partial charge in [0.2, 0.25) is 0 Å². The van der Waals surface area contributed by atoms with Crippen molar-refractivity contribution in [1.29, 1.82) is 0 Å². The Hall–Kier alpha value is -0.410. The average Bonchev–Trinajstić information content (AvgIpc) is 2.29. The van der Waals surface area contributed by atoms with Crippen molar-refractivity contribution in [2.45, 2.75) is 45.1 Å².